The minimum atomic E-state index is -1.45. The highest BCUT2D eigenvalue weighted by molar-refractivity contribution is 5.79. The van der Waals surface area contributed by atoms with E-state index < -0.39 is 11.7 Å². The molecule has 0 amide bonds. The molecule has 1 saturated heterocycles. The normalized spacial score (nSPS) is 23.0. The Morgan fingerprint density at radius 1 is 0.967 bits per heavy atom. The van der Waals surface area contributed by atoms with Crippen LogP contribution in [0.25, 0.3) is 0 Å². The van der Waals surface area contributed by atoms with E-state index in [-0.39, 0.29) is 5.92 Å². The number of nitrogens with zero attached hydrogens (tertiary/aromatic N) is 1. The molecule has 4 rings (SSSR count). The van der Waals surface area contributed by atoms with Crippen LogP contribution in [-0.4, -0.2) is 40.9 Å². The molecule has 1 saturated carbocycles. The lowest BCUT2D eigenvalue weighted by Gasteiger charge is -2.39. The molecule has 1 aliphatic carbocycles. The van der Waals surface area contributed by atoms with Gasteiger partial charge in [0.2, 0.25) is 5.72 Å². The van der Waals surface area contributed by atoms with E-state index in [1.165, 1.54) is 30.4 Å². The average molecular weight is 408 g/mol. The first kappa shape index (κ1) is 21.1. The van der Waals surface area contributed by atoms with Crippen molar-refractivity contribution < 1.29 is 14.6 Å². The summed E-state index contributed by atoms with van der Waals surface area (Å²) < 4.78 is 5.69. The number of carbonyl (C=O) groups is 1. The molecule has 0 spiro atoms. The molecular formula is C26H33NO3. The Morgan fingerprint density at radius 3 is 2.17 bits per heavy atom. The molecule has 0 radical (unpaired) electrons. The second-order valence-electron chi connectivity index (χ2n) is 8.70. The number of hydrogen-bond donors (Lipinski definition) is 1. The molecule has 0 unspecified atom stereocenters. The van der Waals surface area contributed by atoms with Crippen LogP contribution >= 0.6 is 0 Å². The van der Waals surface area contributed by atoms with Crippen LogP contribution in [0.4, 0.5) is 0 Å². The summed E-state index contributed by atoms with van der Waals surface area (Å²) in [4.78, 5) is 15.0. The predicted molar refractivity (Wildman–Crippen MR) is 118 cm³/mol. The van der Waals surface area contributed by atoms with Crippen molar-refractivity contribution in [3.63, 3.8) is 0 Å². The van der Waals surface area contributed by atoms with Crippen LogP contribution in [0, 0.1) is 0 Å². The van der Waals surface area contributed by atoms with Gasteiger partial charge in [0.15, 0.2) is 0 Å². The van der Waals surface area contributed by atoms with Crippen LogP contribution in [0.2, 0.25) is 0 Å². The van der Waals surface area contributed by atoms with E-state index in [2.05, 4.69) is 24.3 Å². The van der Waals surface area contributed by atoms with Crippen LogP contribution in [0.15, 0.2) is 60.7 Å². The summed E-state index contributed by atoms with van der Waals surface area (Å²) in [5.41, 5.74) is 0.975. The molecule has 0 bridgehead atoms. The van der Waals surface area contributed by atoms with E-state index in [1.807, 2.05) is 41.3 Å². The molecular weight excluding hydrogens is 374 g/mol. The number of hydrogen-bond acceptors (Lipinski definition) is 4. The van der Waals surface area contributed by atoms with Crippen LogP contribution in [0.3, 0.4) is 0 Å². The molecule has 160 valence electrons. The van der Waals surface area contributed by atoms with Gasteiger partial charge in [-0.2, -0.15) is 0 Å². The van der Waals surface area contributed by atoms with Crippen molar-refractivity contribution in [3.05, 3.63) is 71.8 Å². The van der Waals surface area contributed by atoms with E-state index >= 15 is 0 Å². The zero-order valence-corrected chi connectivity index (χ0v) is 17.7. The zero-order valence-electron chi connectivity index (χ0n) is 17.7. The van der Waals surface area contributed by atoms with E-state index in [4.69, 9.17) is 4.74 Å². The third-order valence-corrected chi connectivity index (χ3v) is 6.79. The maximum atomic E-state index is 13.0. The smallest absolute Gasteiger partial charge is 0.353 e. The standard InChI is InChI=1S/C26H33NO3/c28-25(26(29)18-10-19-27(26)23-15-8-3-9-16-23)30-20-17-24(21-11-4-1-5-12-21)22-13-6-2-7-14-22/h1-2,4-7,11-14,23-24,29H,3,8-10,15-20H2/t26-/m0/s1. The summed E-state index contributed by atoms with van der Waals surface area (Å²) in [6, 6.07) is 21.0. The summed E-state index contributed by atoms with van der Waals surface area (Å²) in [5.74, 6) is -0.307. The van der Waals surface area contributed by atoms with Crippen molar-refractivity contribution in [2.45, 2.75) is 69.1 Å². The van der Waals surface area contributed by atoms with Crippen LogP contribution in [-0.2, 0) is 9.53 Å². The molecule has 1 aliphatic heterocycles. The third-order valence-electron chi connectivity index (χ3n) is 6.79. The lowest BCUT2D eigenvalue weighted by Crippen LogP contribution is -2.55. The minimum Gasteiger partial charge on any atom is -0.462 e. The fourth-order valence-electron chi connectivity index (χ4n) is 5.20. The van der Waals surface area contributed by atoms with Gasteiger partial charge in [0, 0.05) is 24.9 Å². The topological polar surface area (TPSA) is 49.8 Å². The summed E-state index contributed by atoms with van der Waals surface area (Å²) in [5, 5.41) is 11.2. The Labute approximate surface area is 179 Å². The van der Waals surface area contributed by atoms with Crippen molar-refractivity contribution in [2.75, 3.05) is 13.2 Å². The van der Waals surface area contributed by atoms with Gasteiger partial charge in [-0.25, -0.2) is 4.79 Å². The van der Waals surface area contributed by atoms with Gasteiger partial charge < -0.3 is 9.84 Å². The van der Waals surface area contributed by atoms with E-state index in [0.717, 1.165) is 25.8 Å². The first-order valence-corrected chi connectivity index (χ1v) is 11.4. The van der Waals surface area contributed by atoms with Gasteiger partial charge in [-0.15, -0.1) is 0 Å². The number of likely N-dealkylation sites (tertiary alicyclic amines) is 1. The molecule has 2 aromatic rings. The number of benzene rings is 2. The molecule has 2 fully saturated rings. The van der Waals surface area contributed by atoms with Gasteiger partial charge in [0.25, 0.3) is 0 Å². The van der Waals surface area contributed by atoms with Crippen molar-refractivity contribution >= 4 is 5.97 Å². The second kappa shape index (κ2) is 9.76. The van der Waals surface area contributed by atoms with Crippen LogP contribution < -0.4 is 0 Å². The molecule has 2 aliphatic rings. The Balaban J connectivity index is 1.41. The number of esters is 1. The first-order chi connectivity index (χ1) is 14.7. The number of ether oxygens (including phenoxy) is 1. The summed E-state index contributed by atoms with van der Waals surface area (Å²) in [6.07, 6.45) is 7.78. The number of rotatable bonds is 7. The van der Waals surface area contributed by atoms with Crippen LogP contribution in [0.5, 0.6) is 0 Å². The first-order valence-electron chi connectivity index (χ1n) is 11.4. The molecule has 1 atom stereocenters. The summed E-state index contributed by atoms with van der Waals surface area (Å²) in [6.45, 7) is 1.08. The highest BCUT2D eigenvalue weighted by atomic mass is 16.6. The van der Waals surface area contributed by atoms with Gasteiger partial charge in [-0.05, 0) is 36.8 Å². The third kappa shape index (κ3) is 4.60. The Hall–Kier alpha value is -2.17. The van der Waals surface area contributed by atoms with Gasteiger partial charge in [-0.1, -0.05) is 79.9 Å². The van der Waals surface area contributed by atoms with E-state index in [9.17, 15) is 9.90 Å². The van der Waals surface area contributed by atoms with Crippen molar-refractivity contribution in [1.29, 1.82) is 0 Å². The highest BCUT2D eigenvalue weighted by Crippen LogP contribution is 2.35. The molecule has 30 heavy (non-hydrogen) atoms. The maximum Gasteiger partial charge on any atom is 0.353 e. The largest absolute Gasteiger partial charge is 0.462 e. The number of aliphatic hydroxyl groups is 1. The lowest BCUT2D eigenvalue weighted by molar-refractivity contribution is -0.188. The monoisotopic (exact) mass is 407 g/mol. The summed E-state index contributed by atoms with van der Waals surface area (Å²) >= 11 is 0. The Kier molecular flexibility index (Phi) is 6.86. The van der Waals surface area contributed by atoms with Crippen molar-refractivity contribution in [1.82, 2.24) is 4.90 Å². The van der Waals surface area contributed by atoms with Gasteiger partial charge in [-0.3, -0.25) is 4.90 Å². The zero-order chi connectivity index (χ0) is 20.8. The molecule has 4 nitrogen and oxygen atoms in total. The van der Waals surface area contributed by atoms with Gasteiger partial charge in [0.1, 0.15) is 0 Å². The SMILES string of the molecule is O=C(OCCC(c1ccccc1)c1ccccc1)[C@@]1(O)CCCN1C1CCCCC1. The molecule has 1 heterocycles. The van der Waals surface area contributed by atoms with Crippen molar-refractivity contribution in [2.24, 2.45) is 0 Å². The Bertz CT molecular complexity index is 764. The predicted octanol–water partition coefficient (Wildman–Crippen LogP) is 4.87. The minimum absolute atomic E-state index is 0.160. The number of carbonyl (C=O) groups excluding carboxylic acids is 1. The van der Waals surface area contributed by atoms with Crippen molar-refractivity contribution in [3.8, 4) is 0 Å². The Morgan fingerprint density at radius 2 is 1.57 bits per heavy atom. The highest BCUT2D eigenvalue weighted by Gasteiger charge is 2.49. The fraction of sp³-hybridized carbons (Fsp3) is 0.500. The fourth-order valence-corrected chi connectivity index (χ4v) is 5.20. The lowest BCUT2D eigenvalue weighted by atomic mass is 9.89. The molecule has 0 aromatic heterocycles. The molecule has 1 N–H and O–H groups in total. The van der Waals surface area contributed by atoms with Gasteiger partial charge in [0.05, 0.1) is 6.61 Å². The second-order valence-corrected chi connectivity index (χ2v) is 8.70. The average Bonchev–Trinajstić information content (AvgIpc) is 3.21. The summed E-state index contributed by atoms with van der Waals surface area (Å²) in [7, 11) is 0. The van der Waals surface area contributed by atoms with E-state index in [1.54, 1.807) is 0 Å². The molecule has 4 heteroatoms. The van der Waals surface area contributed by atoms with Gasteiger partial charge >= 0.3 is 5.97 Å². The maximum absolute atomic E-state index is 13.0. The quantitative estimate of drug-likeness (QED) is 0.666. The molecule has 2 aromatic carbocycles. The van der Waals surface area contributed by atoms with Crippen LogP contribution in [0.1, 0.15) is 68.4 Å². The van der Waals surface area contributed by atoms with E-state index in [0.29, 0.717) is 25.5 Å².